The standard InChI is InChI=1S/C10H23N3O.2ClH/c1-5-11-6-7-12-10(14)8-13(4)9(2)3;;/h9,11H,5-8H2,1-4H3,(H,12,14);2*1H. The van der Waals surface area contributed by atoms with Gasteiger partial charge in [-0.15, -0.1) is 24.8 Å². The summed E-state index contributed by atoms with van der Waals surface area (Å²) in [7, 11) is 1.95. The lowest BCUT2D eigenvalue weighted by atomic mass is 10.3. The van der Waals surface area contributed by atoms with E-state index >= 15 is 0 Å². The van der Waals surface area contributed by atoms with Gasteiger partial charge in [-0.25, -0.2) is 0 Å². The van der Waals surface area contributed by atoms with Crippen LogP contribution in [0.5, 0.6) is 0 Å². The molecule has 2 N–H and O–H groups in total. The van der Waals surface area contributed by atoms with Crippen molar-refractivity contribution in [1.29, 1.82) is 0 Å². The number of hydrogen-bond donors (Lipinski definition) is 2. The number of amides is 1. The molecule has 0 aromatic rings. The van der Waals surface area contributed by atoms with Crippen molar-refractivity contribution in [2.75, 3.05) is 33.2 Å². The third-order valence-electron chi connectivity index (χ3n) is 2.15. The first-order valence-electron chi connectivity index (χ1n) is 5.25. The molecular formula is C10H25Cl2N3O. The van der Waals surface area contributed by atoms with Gasteiger partial charge in [0.05, 0.1) is 6.54 Å². The van der Waals surface area contributed by atoms with Crippen molar-refractivity contribution in [2.24, 2.45) is 0 Å². The fourth-order valence-corrected chi connectivity index (χ4v) is 0.932. The summed E-state index contributed by atoms with van der Waals surface area (Å²) in [5.74, 6) is 0.0964. The van der Waals surface area contributed by atoms with Crippen molar-refractivity contribution in [3.05, 3.63) is 0 Å². The Bertz CT molecular complexity index is 168. The van der Waals surface area contributed by atoms with Gasteiger partial charge in [-0.05, 0) is 27.4 Å². The van der Waals surface area contributed by atoms with Crippen LogP contribution in [0, 0.1) is 0 Å². The molecular weight excluding hydrogens is 249 g/mol. The Labute approximate surface area is 111 Å². The lowest BCUT2D eigenvalue weighted by Gasteiger charge is -2.20. The summed E-state index contributed by atoms with van der Waals surface area (Å²) in [6.45, 7) is 9.17. The maximum Gasteiger partial charge on any atom is 0.234 e. The molecule has 0 aromatic heterocycles. The van der Waals surface area contributed by atoms with Crippen LogP contribution in [0.3, 0.4) is 0 Å². The zero-order chi connectivity index (χ0) is 11.0. The molecule has 16 heavy (non-hydrogen) atoms. The van der Waals surface area contributed by atoms with E-state index in [4.69, 9.17) is 0 Å². The van der Waals surface area contributed by atoms with E-state index in [-0.39, 0.29) is 30.7 Å². The van der Waals surface area contributed by atoms with E-state index in [1.165, 1.54) is 0 Å². The Hall–Kier alpha value is -0.0300. The van der Waals surface area contributed by atoms with Crippen LogP contribution in [0.15, 0.2) is 0 Å². The van der Waals surface area contributed by atoms with E-state index in [0.717, 1.165) is 13.1 Å². The summed E-state index contributed by atoms with van der Waals surface area (Å²) in [6, 6.07) is 0.412. The lowest BCUT2D eigenvalue weighted by Crippen LogP contribution is -2.40. The number of carbonyl (C=O) groups is 1. The Balaban J connectivity index is -0.000000845. The minimum atomic E-state index is 0. The zero-order valence-electron chi connectivity index (χ0n) is 10.6. The second kappa shape index (κ2) is 13.0. The van der Waals surface area contributed by atoms with Gasteiger partial charge < -0.3 is 10.6 Å². The van der Waals surface area contributed by atoms with Crippen LogP contribution in [-0.2, 0) is 4.79 Å². The normalized spacial score (nSPS) is 9.62. The number of rotatable bonds is 7. The first-order valence-corrected chi connectivity index (χ1v) is 5.25. The predicted molar refractivity (Wildman–Crippen MR) is 73.8 cm³/mol. The van der Waals surface area contributed by atoms with E-state index in [9.17, 15) is 4.79 Å². The zero-order valence-corrected chi connectivity index (χ0v) is 12.2. The summed E-state index contributed by atoms with van der Waals surface area (Å²) in [4.78, 5) is 13.4. The van der Waals surface area contributed by atoms with Gasteiger partial charge in [0.2, 0.25) is 5.91 Å². The molecule has 0 aromatic carbocycles. The van der Waals surface area contributed by atoms with E-state index < -0.39 is 0 Å². The largest absolute Gasteiger partial charge is 0.354 e. The van der Waals surface area contributed by atoms with Gasteiger partial charge in [0.1, 0.15) is 0 Å². The fourth-order valence-electron chi connectivity index (χ4n) is 0.932. The highest BCUT2D eigenvalue weighted by molar-refractivity contribution is 5.85. The number of halogens is 2. The third kappa shape index (κ3) is 12.0. The van der Waals surface area contributed by atoms with Crippen LogP contribution in [0.2, 0.25) is 0 Å². The van der Waals surface area contributed by atoms with Crippen LogP contribution >= 0.6 is 24.8 Å². The number of carbonyl (C=O) groups excluding carboxylic acids is 1. The maximum atomic E-state index is 11.3. The molecule has 1 amide bonds. The van der Waals surface area contributed by atoms with Crippen molar-refractivity contribution in [1.82, 2.24) is 15.5 Å². The van der Waals surface area contributed by atoms with Crippen molar-refractivity contribution in [2.45, 2.75) is 26.8 Å². The molecule has 0 aliphatic carbocycles. The number of nitrogens with one attached hydrogen (secondary N) is 2. The van der Waals surface area contributed by atoms with Crippen LogP contribution < -0.4 is 10.6 Å². The maximum absolute atomic E-state index is 11.3. The van der Waals surface area contributed by atoms with Crippen molar-refractivity contribution >= 4 is 30.7 Å². The van der Waals surface area contributed by atoms with E-state index in [2.05, 4.69) is 24.5 Å². The summed E-state index contributed by atoms with van der Waals surface area (Å²) >= 11 is 0. The molecule has 0 fully saturated rings. The summed E-state index contributed by atoms with van der Waals surface area (Å²) in [5.41, 5.74) is 0. The molecule has 0 bridgehead atoms. The molecule has 0 spiro atoms. The highest BCUT2D eigenvalue weighted by Crippen LogP contribution is 1.91. The van der Waals surface area contributed by atoms with E-state index in [1.54, 1.807) is 0 Å². The van der Waals surface area contributed by atoms with Gasteiger partial charge in [-0.1, -0.05) is 6.92 Å². The molecule has 0 radical (unpaired) electrons. The molecule has 0 atom stereocenters. The summed E-state index contributed by atoms with van der Waals surface area (Å²) < 4.78 is 0. The van der Waals surface area contributed by atoms with E-state index in [1.807, 2.05) is 18.9 Å². The van der Waals surface area contributed by atoms with Gasteiger partial charge in [0.25, 0.3) is 0 Å². The van der Waals surface area contributed by atoms with E-state index in [0.29, 0.717) is 19.1 Å². The number of hydrogen-bond acceptors (Lipinski definition) is 3. The van der Waals surface area contributed by atoms with Gasteiger partial charge in [0, 0.05) is 19.1 Å². The fraction of sp³-hybridized carbons (Fsp3) is 0.900. The summed E-state index contributed by atoms with van der Waals surface area (Å²) in [6.07, 6.45) is 0. The average Bonchev–Trinajstić information content (AvgIpc) is 2.12. The second-order valence-corrected chi connectivity index (χ2v) is 3.71. The molecule has 0 unspecified atom stereocenters. The Morgan fingerprint density at radius 2 is 1.81 bits per heavy atom. The molecule has 6 heteroatoms. The number of nitrogens with zero attached hydrogens (tertiary/aromatic N) is 1. The molecule has 100 valence electrons. The Morgan fingerprint density at radius 3 is 2.25 bits per heavy atom. The molecule has 0 saturated carbocycles. The SMILES string of the molecule is CCNCCNC(=O)CN(C)C(C)C.Cl.Cl. The first kappa shape index (κ1) is 21.3. The van der Waals surface area contributed by atoms with Gasteiger partial charge >= 0.3 is 0 Å². The lowest BCUT2D eigenvalue weighted by molar-refractivity contribution is -0.122. The monoisotopic (exact) mass is 273 g/mol. The molecule has 0 aliphatic heterocycles. The smallest absolute Gasteiger partial charge is 0.234 e. The molecule has 0 aliphatic rings. The first-order chi connectivity index (χ1) is 6.57. The second-order valence-electron chi connectivity index (χ2n) is 3.71. The van der Waals surface area contributed by atoms with Crippen LogP contribution in [0.25, 0.3) is 0 Å². The van der Waals surface area contributed by atoms with Crippen LogP contribution in [0.4, 0.5) is 0 Å². The highest BCUT2D eigenvalue weighted by atomic mass is 35.5. The number of likely N-dealkylation sites (N-methyl/N-ethyl adjacent to an activating group) is 2. The quantitative estimate of drug-likeness (QED) is 0.678. The minimum absolute atomic E-state index is 0. The van der Waals surface area contributed by atoms with Gasteiger partial charge in [0.15, 0.2) is 0 Å². The van der Waals surface area contributed by atoms with Gasteiger partial charge in [-0.3, -0.25) is 9.69 Å². The molecule has 0 rings (SSSR count). The molecule has 0 heterocycles. The topological polar surface area (TPSA) is 44.4 Å². The minimum Gasteiger partial charge on any atom is -0.354 e. The van der Waals surface area contributed by atoms with Crippen LogP contribution in [-0.4, -0.2) is 50.1 Å². The Kier molecular flexibility index (Phi) is 17.3. The average molecular weight is 274 g/mol. The highest BCUT2D eigenvalue weighted by Gasteiger charge is 2.07. The van der Waals surface area contributed by atoms with Gasteiger partial charge in [-0.2, -0.15) is 0 Å². The van der Waals surface area contributed by atoms with Crippen molar-refractivity contribution in [3.63, 3.8) is 0 Å². The third-order valence-corrected chi connectivity index (χ3v) is 2.15. The molecule has 4 nitrogen and oxygen atoms in total. The Morgan fingerprint density at radius 1 is 1.25 bits per heavy atom. The van der Waals surface area contributed by atoms with Crippen molar-refractivity contribution < 1.29 is 4.79 Å². The molecule has 0 saturated heterocycles. The predicted octanol–water partition coefficient (Wildman–Crippen LogP) is 0.896. The van der Waals surface area contributed by atoms with Crippen molar-refractivity contribution in [3.8, 4) is 0 Å². The van der Waals surface area contributed by atoms with Crippen LogP contribution in [0.1, 0.15) is 20.8 Å². The summed E-state index contributed by atoms with van der Waals surface area (Å²) in [5, 5.41) is 6.01.